The number of aliphatic hydroxyl groups is 1. The maximum atomic E-state index is 11.8. The molecule has 0 aliphatic carbocycles. The predicted octanol–water partition coefficient (Wildman–Crippen LogP) is 1.96. The molecule has 1 amide bonds. The zero-order valence-corrected chi connectivity index (χ0v) is 12.5. The van der Waals surface area contributed by atoms with Crippen molar-refractivity contribution in [2.45, 2.75) is 19.8 Å². The fourth-order valence-electron chi connectivity index (χ4n) is 1.88. The van der Waals surface area contributed by atoms with Gasteiger partial charge in [-0.05, 0) is 37.7 Å². The summed E-state index contributed by atoms with van der Waals surface area (Å²) in [5.41, 5.74) is 6.74. The molecule has 0 aromatic heterocycles. The van der Waals surface area contributed by atoms with Crippen LogP contribution in [0.2, 0.25) is 5.02 Å². The third-order valence-electron chi connectivity index (χ3n) is 3.01. The fourth-order valence-corrected chi connectivity index (χ4v) is 2.11. The summed E-state index contributed by atoms with van der Waals surface area (Å²) in [5.74, 6) is -0.0725. The quantitative estimate of drug-likeness (QED) is 0.641. The van der Waals surface area contributed by atoms with Gasteiger partial charge in [0.05, 0.1) is 17.3 Å². The van der Waals surface area contributed by atoms with Gasteiger partial charge in [-0.3, -0.25) is 4.79 Å². The third kappa shape index (κ3) is 5.77. The molecule has 0 saturated heterocycles. The molecule has 4 N–H and O–H groups in total. The molecular formula is C14H22ClN3O2. The summed E-state index contributed by atoms with van der Waals surface area (Å²) in [7, 11) is 0. The molecule has 0 fully saturated rings. The Hall–Kier alpha value is -1.30. The lowest BCUT2D eigenvalue weighted by molar-refractivity contribution is -0.116. The van der Waals surface area contributed by atoms with Crippen molar-refractivity contribution in [2.24, 2.45) is 0 Å². The van der Waals surface area contributed by atoms with Gasteiger partial charge in [0.15, 0.2) is 0 Å². The second kappa shape index (κ2) is 8.79. The van der Waals surface area contributed by atoms with Crippen molar-refractivity contribution in [3.05, 3.63) is 23.2 Å². The number of likely N-dealkylation sites (N-methyl/N-ethyl adjacent to an activating group) is 1. The van der Waals surface area contributed by atoms with E-state index in [0.29, 0.717) is 29.4 Å². The Bertz CT molecular complexity index is 440. The normalized spacial score (nSPS) is 10.8. The standard InChI is InChI=1S/C14H22ClN3O2/c1-2-18(8-9-19)7-3-4-14(20)17-13-6-5-11(16)10-12(13)15/h5-6,10,19H,2-4,7-9,16H2,1H3,(H,17,20). The number of aliphatic hydroxyl groups excluding tert-OH is 1. The molecule has 0 saturated carbocycles. The summed E-state index contributed by atoms with van der Waals surface area (Å²) in [4.78, 5) is 13.9. The number of anilines is 2. The summed E-state index contributed by atoms with van der Waals surface area (Å²) >= 11 is 5.99. The molecule has 112 valence electrons. The Kier molecular flexibility index (Phi) is 7.36. The summed E-state index contributed by atoms with van der Waals surface area (Å²) in [6, 6.07) is 5.00. The molecule has 0 spiro atoms. The highest BCUT2D eigenvalue weighted by molar-refractivity contribution is 6.34. The molecule has 0 bridgehead atoms. The van der Waals surface area contributed by atoms with E-state index in [0.717, 1.165) is 19.5 Å². The van der Waals surface area contributed by atoms with Crippen LogP contribution in [0.5, 0.6) is 0 Å². The average molecular weight is 300 g/mol. The van der Waals surface area contributed by atoms with Crippen LogP contribution in [0.15, 0.2) is 18.2 Å². The van der Waals surface area contributed by atoms with Gasteiger partial charge in [0.1, 0.15) is 0 Å². The van der Waals surface area contributed by atoms with Crippen molar-refractivity contribution in [3.63, 3.8) is 0 Å². The molecule has 5 nitrogen and oxygen atoms in total. The van der Waals surface area contributed by atoms with E-state index in [-0.39, 0.29) is 12.5 Å². The Labute approximate surface area is 124 Å². The van der Waals surface area contributed by atoms with E-state index in [1.54, 1.807) is 18.2 Å². The monoisotopic (exact) mass is 299 g/mol. The van der Waals surface area contributed by atoms with Crippen molar-refractivity contribution >= 4 is 28.9 Å². The second-order valence-electron chi connectivity index (χ2n) is 4.55. The van der Waals surface area contributed by atoms with Crippen LogP contribution in [0.4, 0.5) is 11.4 Å². The van der Waals surface area contributed by atoms with E-state index in [2.05, 4.69) is 10.2 Å². The lowest BCUT2D eigenvalue weighted by atomic mass is 10.2. The number of benzene rings is 1. The number of nitrogens with zero attached hydrogens (tertiary/aromatic N) is 1. The molecule has 0 atom stereocenters. The largest absolute Gasteiger partial charge is 0.399 e. The molecule has 20 heavy (non-hydrogen) atoms. The minimum Gasteiger partial charge on any atom is -0.399 e. The van der Waals surface area contributed by atoms with E-state index >= 15 is 0 Å². The minimum atomic E-state index is -0.0725. The molecule has 0 radical (unpaired) electrons. The van der Waals surface area contributed by atoms with Crippen molar-refractivity contribution < 1.29 is 9.90 Å². The van der Waals surface area contributed by atoms with Crippen molar-refractivity contribution in [1.82, 2.24) is 4.90 Å². The lowest BCUT2D eigenvalue weighted by Crippen LogP contribution is -2.28. The number of carbonyl (C=O) groups is 1. The van der Waals surface area contributed by atoms with E-state index in [9.17, 15) is 4.79 Å². The zero-order valence-electron chi connectivity index (χ0n) is 11.7. The molecule has 0 unspecified atom stereocenters. The number of nitrogen functional groups attached to an aromatic ring is 1. The zero-order chi connectivity index (χ0) is 15.0. The van der Waals surface area contributed by atoms with E-state index < -0.39 is 0 Å². The molecule has 0 aliphatic rings. The summed E-state index contributed by atoms with van der Waals surface area (Å²) in [6.07, 6.45) is 1.16. The van der Waals surface area contributed by atoms with Crippen LogP contribution in [0, 0.1) is 0 Å². The molecule has 1 aromatic carbocycles. The van der Waals surface area contributed by atoms with Crippen LogP contribution < -0.4 is 11.1 Å². The summed E-state index contributed by atoms with van der Waals surface area (Å²) in [5, 5.41) is 12.1. The van der Waals surface area contributed by atoms with E-state index in [1.807, 2.05) is 6.92 Å². The Morgan fingerprint density at radius 2 is 2.20 bits per heavy atom. The molecule has 0 heterocycles. The predicted molar refractivity (Wildman–Crippen MR) is 82.9 cm³/mol. The van der Waals surface area contributed by atoms with Gasteiger partial charge in [-0.15, -0.1) is 0 Å². The molecular weight excluding hydrogens is 278 g/mol. The highest BCUT2D eigenvalue weighted by Crippen LogP contribution is 2.24. The highest BCUT2D eigenvalue weighted by atomic mass is 35.5. The minimum absolute atomic E-state index is 0.0725. The number of carbonyl (C=O) groups excluding carboxylic acids is 1. The molecule has 6 heteroatoms. The first-order valence-corrected chi connectivity index (χ1v) is 7.12. The van der Waals surface area contributed by atoms with Crippen LogP contribution in [-0.2, 0) is 4.79 Å². The van der Waals surface area contributed by atoms with Gasteiger partial charge in [-0.2, -0.15) is 0 Å². The number of amides is 1. The van der Waals surface area contributed by atoms with Gasteiger partial charge in [-0.1, -0.05) is 18.5 Å². The highest BCUT2D eigenvalue weighted by Gasteiger charge is 2.07. The van der Waals surface area contributed by atoms with Gasteiger partial charge in [0.2, 0.25) is 5.91 Å². The fraction of sp³-hybridized carbons (Fsp3) is 0.500. The molecule has 0 aliphatic heterocycles. The Morgan fingerprint density at radius 3 is 2.80 bits per heavy atom. The van der Waals surface area contributed by atoms with Crippen LogP contribution in [0.3, 0.4) is 0 Å². The number of nitrogens with two attached hydrogens (primary N) is 1. The van der Waals surface area contributed by atoms with Crippen LogP contribution in [0.1, 0.15) is 19.8 Å². The Balaban J connectivity index is 2.36. The number of hydrogen-bond acceptors (Lipinski definition) is 4. The molecule has 1 rings (SSSR count). The maximum Gasteiger partial charge on any atom is 0.224 e. The first-order valence-electron chi connectivity index (χ1n) is 6.75. The smallest absolute Gasteiger partial charge is 0.224 e. The van der Waals surface area contributed by atoms with E-state index in [4.69, 9.17) is 22.4 Å². The van der Waals surface area contributed by atoms with Crippen LogP contribution >= 0.6 is 11.6 Å². The second-order valence-corrected chi connectivity index (χ2v) is 4.96. The van der Waals surface area contributed by atoms with Crippen molar-refractivity contribution in [2.75, 3.05) is 37.3 Å². The van der Waals surface area contributed by atoms with Gasteiger partial charge in [-0.25, -0.2) is 0 Å². The number of halogens is 1. The van der Waals surface area contributed by atoms with Crippen molar-refractivity contribution in [1.29, 1.82) is 0 Å². The number of rotatable bonds is 8. The van der Waals surface area contributed by atoms with Gasteiger partial charge >= 0.3 is 0 Å². The topological polar surface area (TPSA) is 78.6 Å². The molecule has 1 aromatic rings. The van der Waals surface area contributed by atoms with Crippen molar-refractivity contribution in [3.8, 4) is 0 Å². The van der Waals surface area contributed by atoms with Gasteiger partial charge in [0, 0.05) is 18.7 Å². The number of nitrogens with one attached hydrogen (secondary N) is 1. The average Bonchev–Trinajstić information content (AvgIpc) is 2.41. The Morgan fingerprint density at radius 1 is 1.45 bits per heavy atom. The van der Waals surface area contributed by atoms with Crippen LogP contribution in [0.25, 0.3) is 0 Å². The number of hydrogen-bond donors (Lipinski definition) is 3. The van der Waals surface area contributed by atoms with Gasteiger partial charge < -0.3 is 21.1 Å². The third-order valence-corrected chi connectivity index (χ3v) is 3.32. The first-order chi connectivity index (χ1) is 9.56. The maximum absolute atomic E-state index is 11.8. The summed E-state index contributed by atoms with van der Waals surface area (Å²) in [6.45, 7) is 4.47. The SMILES string of the molecule is CCN(CCO)CCCC(=O)Nc1ccc(N)cc1Cl. The van der Waals surface area contributed by atoms with Gasteiger partial charge in [0.25, 0.3) is 0 Å². The first kappa shape index (κ1) is 16.8. The van der Waals surface area contributed by atoms with Crippen LogP contribution in [-0.4, -0.2) is 42.2 Å². The van der Waals surface area contributed by atoms with E-state index in [1.165, 1.54) is 0 Å². The lowest BCUT2D eigenvalue weighted by Gasteiger charge is -2.18. The summed E-state index contributed by atoms with van der Waals surface area (Å²) < 4.78 is 0.